The Kier molecular flexibility index (Phi) is 5.44. The van der Waals surface area contributed by atoms with E-state index < -0.39 is 76.0 Å². The number of fused-ring (bicyclic) bond motifs is 1. The number of hydrogen-bond donors (Lipinski definition) is 9. The van der Waals surface area contributed by atoms with E-state index in [4.69, 9.17) is 9.15 Å². The Bertz CT molecular complexity index is 1270. The molecule has 3 aromatic rings. The maximum Gasteiger partial charge on any atom is 0.238 e. The Morgan fingerprint density at radius 3 is 2.21 bits per heavy atom. The SMILES string of the molecule is O=c1c(O)c(-c2ccc(O)cc2)oc2cc(O)c([C@@]3(O)C(O)O[C@H](CO)[C@@H](O)[C@@H]3O)c(O)c12. The van der Waals surface area contributed by atoms with E-state index >= 15 is 0 Å². The molecule has 0 bridgehead atoms. The summed E-state index contributed by atoms with van der Waals surface area (Å²) in [4.78, 5) is 12.9. The molecule has 2 heterocycles. The minimum Gasteiger partial charge on any atom is -0.508 e. The van der Waals surface area contributed by atoms with Crippen LogP contribution >= 0.6 is 0 Å². The smallest absolute Gasteiger partial charge is 0.238 e. The molecule has 0 amide bonds. The first-order valence-corrected chi connectivity index (χ1v) is 9.59. The second kappa shape index (κ2) is 7.88. The third-order valence-corrected chi connectivity index (χ3v) is 5.66. The van der Waals surface area contributed by atoms with Crippen molar-refractivity contribution in [3.8, 4) is 34.3 Å². The molecule has 4 rings (SSSR count). The lowest BCUT2D eigenvalue weighted by Crippen LogP contribution is -2.64. The lowest BCUT2D eigenvalue weighted by atomic mass is 9.79. The van der Waals surface area contributed by atoms with Crippen LogP contribution in [0.3, 0.4) is 0 Å². The van der Waals surface area contributed by atoms with E-state index in [-0.39, 0.29) is 17.1 Å². The molecular weight excluding hydrogens is 444 g/mol. The molecule has 0 radical (unpaired) electrons. The fraction of sp³-hybridized carbons (Fsp3) is 0.286. The summed E-state index contributed by atoms with van der Waals surface area (Å²) < 4.78 is 10.4. The van der Waals surface area contributed by atoms with Crippen molar-refractivity contribution in [2.45, 2.75) is 30.2 Å². The average molecular weight is 464 g/mol. The van der Waals surface area contributed by atoms with Gasteiger partial charge in [-0.05, 0) is 24.3 Å². The first-order valence-electron chi connectivity index (χ1n) is 9.59. The van der Waals surface area contributed by atoms with Crippen molar-refractivity contribution in [3.05, 3.63) is 46.1 Å². The second-order valence-electron chi connectivity index (χ2n) is 7.62. The summed E-state index contributed by atoms with van der Waals surface area (Å²) in [6, 6.07) is 5.99. The molecule has 176 valence electrons. The molecule has 12 nitrogen and oxygen atoms in total. The van der Waals surface area contributed by atoms with Gasteiger partial charge in [-0.3, -0.25) is 4.79 Å². The number of aromatic hydroxyl groups is 4. The van der Waals surface area contributed by atoms with Crippen molar-refractivity contribution < 1.29 is 55.1 Å². The minimum atomic E-state index is -3.05. The maximum atomic E-state index is 12.9. The molecule has 1 saturated heterocycles. The van der Waals surface area contributed by atoms with Gasteiger partial charge in [0.1, 0.15) is 46.5 Å². The number of aliphatic hydroxyl groups is 5. The number of ether oxygens (including phenoxy) is 1. The molecule has 1 unspecified atom stereocenters. The van der Waals surface area contributed by atoms with Crippen LogP contribution in [0.25, 0.3) is 22.3 Å². The summed E-state index contributed by atoms with van der Waals surface area (Å²) in [6.07, 6.45) is -8.11. The summed E-state index contributed by atoms with van der Waals surface area (Å²) in [5.74, 6) is -3.50. The highest BCUT2D eigenvalue weighted by Gasteiger charge is 2.57. The Labute approximate surface area is 184 Å². The molecule has 1 fully saturated rings. The van der Waals surface area contributed by atoms with E-state index in [9.17, 15) is 50.8 Å². The van der Waals surface area contributed by atoms with Crippen LogP contribution < -0.4 is 5.43 Å². The van der Waals surface area contributed by atoms with Gasteiger partial charge in [-0.25, -0.2) is 0 Å². The van der Waals surface area contributed by atoms with Crippen LogP contribution in [-0.4, -0.2) is 77.2 Å². The molecule has 33 heavy (non-hydrogen) atoms. The third-order valence-electron chi connectivity index (χ3n) is 5.66. The monoisotopic (exact) mass is 464 g/mol. The van der Waals surface area contributed by atoms with Gasteiger partial charge >= 0.3 is 0 Å². The van der Waals surface area contributed by atoms with Crippen molar-refractivity contribution >= 4 is 11.0 Å². The van der Waals surface area contributed by atoms with Crippen LogP contribution in [0.15, 0.2) is 39.5 Å². The van der Waals surface area contributed by atoms with Crippen LogP contribution in [0.2, 0.25) is 0 Å². The van der Waals surface area contributed by atoms with E-state index in [0.717, 1.165) is 6.07 Å². The van der Waals surface area contributed by atoms with E-state index in [1.54, 1.807) is 0 Å². The van der Waals surface area contributed by atoms with Crippen molar-refractivity contribution in [2.75, 3.05) is 6.61 Å². The molecule has 0 aliphatic carbocycles. The molecule has 1 aromatic heterocycles. The summed E-state index contributed by atoms with van der Waals surface area (Å²) in [6.45, 7) is -0.835. The zero-order valence-corrected chi connectivity index (χ0v) is 16.7. The highest BCUT2D eigenvalue weighted by molar-refractivity contribution is 5.90. The molecule has 12 heteroatoms. The van der Waals surface area contributed by atoms with E-state index in [1.807, 2.05) is 0 Å². The highest BCUT2D eigenvalue weighted by Crippen LogP contribution is 2.48. The highest BCUT2D eigenvalue weighted by atomic mass is 16.6. The van der Waals surface area contributed by atoms with Crippen LogP contribution in [0.4, 0.5) is 0 Å². The van der Waals surface area contributed by atoms with Crippen molar-refractivity contribution in [2.24, 2.45) is 0 Å². The quantitative estimate of drug-likeness (QED) is 0.225. The lowest BCUT2D eigenvalue weighted by Gasteiger charge is -2.46. The van der Waals surface area contributed by atoms with Crippen molar-refractivity contribution in [3.63, 3.8) is 0 Å². The largest absolute Gasteiger partial charge is 0.508 e. The Hall–Kier alpha value is -3.39. The Morgan fingerprint density at radius 1 is 0.970 bits per heavy atom. The predicted molar refractivity (Wildman–Crippen MR) is 108 cm³/mol. The fourth-order valence-corrected chi connectivity index (χ4v) is 3.90. The topological polar surface area (TPSA) is 222 Å². The summed E-state index contributed by atoms with van der Waals surface area (Å²) in [5.41, 5.74) is -5.47. The van der Waals surface area contributed by atoms with Crippen LogP contribution in [-0.2, 0) is 10.3 Å². The summed E-state index contributed by atoms with van der Waals surface area (Å²) in [7, 11) is 0. The lowest BCUT2D eigenvalue weighted by molar-refractivity contribution is -0.335. The fourth-order valence-electron chi connectivity index (χ4n) is 3.90. The normalized spacial score (nSPS) is 27.7. The first-order chi connectivity index (χ1) is 15.5. The van der Waals surface area contributed by atoms with Gasteiger partial charge in [-0.1, -0.05) is 0 Å². The number of rotatable bonds is 3. The Morgan fingerprint density at radius 2 is 1.61 bits per heavy atom. The van der Waals surface area contributed by atoms with E-state index in [0.29, 0.717) is 0 Å². The standard InChI is InChI=1S/C21H20O12/c22-6-11-14(25)19(29)21(31,20(30)33-11)13-9(24)5-10-12(15(13)26)16(27)17(28)18(32-10)7-1-3-8(23)4-2-7/h1-5,11,14,19-20,22-26,28-31H,6H2/t11-,14-,19+,20?,21+/m1/s1. The predicted octanol–water partition coefficient (Wildman–Crippen LogP) is -1.10. The van der Waals surface area contributed by atoms with Gasteiger partial charge in [0.25, 0.3) is 0 Å². The minimum absolute atomic E-state index is 0.0907. The van der Waals surface area contributed by atoms with Crippen molar-refractivity contribution in [1.82, 2.24) is 0 Å². The average Bonchev–Trinajstić information content (AvgIpc) is 2.77. The van der Waals surface area contributed by atoms with E-state index in [1.165, 1.54) is 24.3 Å². The number of phenolic OH excluding ortho intramolecular Hbond substituents is 3. The molecule has 9 N–H and O–H groups in total. The van der Waals surface area contributed by atoms with Gasteiger partial charge in [0.2, 0.25) is 11.2 Å². The summed E-state index contributed by atoms with van der Waals surface area (Å²) in [5, 5.41) is 91.4. The third kappa shape index (κ3) is 3.28. The molecule has 0 saturated carbocycles. The molecular formula is C21H20O12. The number of aliphatic hydroxyl groups excluding tert-OH is 4. The van der Waals surface area contributed by atoms with Crippen molar-refractivity contribution in [1.29, 1.82) is 0 Å². The zero-order valence-electron chi connectivity index (χ0n) is 16.7. The summed E-state index contributed by atoms with van der Waals surface area (Å²) >= 11 is 0. The van der Waals surface area contributed by atoms with Crippen LogP contribution in [0.5, 0.6) is 23.0 Å². The zero-order chi connectivity index (χ0) is 24.2. The molecule has 1 aliphatic rings. The van der Waals surface area contributed by atoms with Gasteiger partial charge in [0.05, 0.1) is 12.2 Å². The van der Waals surface area contributed by atoms with Gasteiger partial charge in [0, 0.05) is 11.6 Å². The molecule has 0 spiro atoms. The van der Waals surface area contributed by atoms with Crippen LogP contribution in [0, 0.1) is 0 Å². The number of benzene rings is 2. The van der Waals surface area contributed by atoms with Gasteiger partial charge < -0.3 is 55.1 Å². The maximum absolute atomic E-state index is 12.9. The first kappa shape index (κ1) is 22.8. The molecule has 5 atom stereocenters. The van der Waals surface area contributed by atoms with Gasteiger partial charge in [0.15, 0.2) is 17.7 Å². The second-order valence-corrected chi connectivity index (χ2v) is 7.62. The van der Waals surface area contributed by atoms with E-state index in [2.05, 4.69) is 0 Å². The molecule has 2 aromatic carbocycles. The Balaban J connectivity index is 1.96. The van der Waals surface area contributed by atoms with Crippen LogP contribution in [0.1, 0.15) is 5.56 Å². The van der Waals surface area contributed by atoms with Gasteiger partial charge in [-0.15, -0.1) is 0 Å². The van der Waals surface area contributed by atoms with Gasteiger partial charge in [-0.2, -0.15) is 0 Å². The molecule has 1 aliphatic heterocycles. The number of phenols is 3. The number of hydrogen-bond acceptors (Lipinski definition) is 12.